The average molecular weight is 266 g/mol. The minimum Gasteiger partial charge on any atom is -0.477 e. The fraction of sp³-hybridized carbons (Fsp3) is 0.583. The van der Waals surface area contributed by atoms with Gasteiger partial charge in [0.05, 0.1) is 25.5 Å². The molecule has 0 unspecified atom stereocenters. The van der Waals surface area contributed by atoms with Gasteiger partial charge in [0.15, 0.2) is 5.82 Å². The van der Waals surface area contributed by atoms with Gasteiger partial charge < -0.3 is 19.3 Å². The molecule has 0 aliphatic carbocycles. The van der Waals surface area contributed by atoms with Gasteiger partial charge in [0, 0.05) is 20.1 Å². The summed E-state index contributed by atoms with van der Waals surface area (Å²) in [5.74, 6) is 1.23. The summed E-state index contributed by atoms with van der Waals surface area (Å²) in [6, 6.07) is 0. The van der Waals surface area contributed by atoms with Crippen LogP contribution in [-0.4, -0.2) is 60.9 Å². The lowest BCUT2D eigenvalue weighted by Crippen LogP contribution is -2.34. The monoisotopic (exact) mass is 266 g/mol. The summed E-state index contributed by atoms with van der Waals surface area (Å²) in [6.45, 7) is 4.85. The number of cyclic esters (lactones) is 1. The second kappa shape index (κ2) is 6.21. The van der Waals surface area contributed by atoms with Gasteiger partial charge in [0.25, 0.3) is 0 Å². The Morgan fingerprint density at radius 1 is 1.53 bits per heavy atom. The van der Waals surface area contributed by atoms with Gasteiger partial charge in [-0.2, -0.15) is 4.98 Å². The molecule has 1 aromatic heterocycles. The summed E-state index contributed by atoms with van der Waals surface area (Å²) in [5.41, 5.74) is 0. The molecule has 1 amide bonds. The van der Waals surface area contributed by atoms with Gasteiger partial charge in [-0.3, -0.25) is 4.98 Å². The Bertz CT molecular complexity index is 441. The molecule has 0 bridgehead atoms. The van der Waals surface area contributed by atoms with E-state index in [1.807, 2.05) is 18.9 Å². The topological polar surface area (TPSA) is 67.8 Å². The van der Waals surface area contributed by atoms with Crippen LogP contribution in [0.3, 0.4) is 0 Å². The molecule has 0 spiro atoms. The Labute approximate surface area is 112 Å². The maximum absolute atomic E-state index is 11.3. The SMILES string of the molecule is CCOc1cncc(N(C)CCN2CCOC2=O)n1. The van der Waals surface area contributed by atoms with E-state index in [1.165, 1.54) is 0 Å². The van der Waals surface area contributed by atoms with E-state index in [1.54, 1.807) is 17.3 Å². The molecule has 104 valence electrons. The van der Waals surface area contributed by atoms with Crippen LogP contribution in [0, 0.1) is 0 Å². The maximum Gasteiger partial charge on any atom is 0.409 e. The number of rotatable bonds is 6. The van der Waals surface area contributed by atoms with E-state index in [9.17, 15) is 4.79 Å². The standard InChI is InChI=1S/C12H18N4O3/c1-3-18-11-9-13-8-10(14-11)15(2)4-5-16-6-7-19-12(16)17/h8-9H,3-7H2,1-2H3. The van der Waals surface area contributed by atoms with Crippen molar-refractivity contribution >= 4 is 11.9 Å². The number of hydrogen-bond donors (Lipinski definition) is 0. The van der Waals surface area contributed by atoms with Crippen LogP contribution in [0.25, 0.3) is 0 Å². The Morgan fingerprint density at radius 3 is 3.05 bits per heavy atom. The highest BCUT2D eigenvalue weighted by atomic mass is 16.6. The second-order valence-electron chi connectivity index (χ2n) is 4.17. The fourth-order valence-corrected chi connectivity index (χ4v) is 1.75. The van der Waals surface area contributed by atoms with Crippen molar-refractivity contribution in [3.63, 3.8) is 0 Å². The molecule has 0 saturated carbocycles. The molecular weight excluding hydrogens is 248 g/mol. The number of likely N-dealkylation sites (N-methyl/N-ethyl adjacent to an activating group) is 1. The smallest absolute Gasteiger partial charge is 0.409 e. The molecule has 2 rings (SSSR count). The summed E-state index contributed by atoms with van der Waals surface area (Å²) in [4.78, 5) is 23.3. The molecular formula is C12H18N4O3. The van der Waals surface area contributed by atoms with Gasteiger partial charge in [-0.1, -0.05) is 0 Å². The summed E-state index contributed by atoms with van der Waals surface area (Å²) in [6.07, 6.45) is 3.01. The minimum absolute atomic E-state index is 0.248. The van der Waals surface area contributed by atoms with E-state index in [0.29, 0.717) is 38.7 Å². The zero-order valence-corrected chi connectivity index (χ0v) is 11.2. The number of carbonyl (C=O) groups excluding carboxylic acids is 1. The molecule has 7 heteroatoms. The lowest BCUT2D eigenvalue weighted by molar-refractivity contribution is 0.159. The number of hydrogen-bond acceptors (Lipinski definition) is 6. The Balaban J connectivity index is 1.90. The predicted molar refractivity (Wildman–Crippen MR) is 69.4 cm³/mol. The van der Waals surface area contributed by atoms with E-state index < -0.39 is 0 Å². The molecule has 0 aromatic carbocycles. The molecule has 0 radical (unpaired) electrons. The summed E-state index contributed by atoms with van der Waals surface area (Å²) in [7, 11) is 1.90. The number of anilines is 1. The number of amides is 1. The quantitative estimate of drug-likeness (QED) is 0.757. The second-order valence-corrected chi connectivity index (χ2v) is 4.17. The van der Waals surface area contributed by atoms with Gasteiger partial charge in [0.2, 0.25) is 5.88 Å². The van der Waals surface area contributed by atoms with Gasteiger partial charge in [-0.25, -0.2) is 4.79 Å². The summed E-state index contributed by atoms with van der Waals surface area (Å²) in [5, 5.41) is 0. The van der Waals surface area contributed by atoms with Crippen LogP contribution in [-0.2, 0) is 4.74 Å². The average Bonchev–Trinajstić information content (AvgIpc) is 2.82. The maximum atomic E-state index is 11.3. The van der Waals surface area contributed by atoms with Gasteiger partial charge in [0.1, 0.15) is 6.61 Å². The third-order valence-electron chi connectivity index (χ3n) is 2.83. The molecule has 2 heterocycles. The van der Waals surface area contributed by atoms with E-state index in [0.717, 1.165) is 5.82 Å². The Morgan fingerprint density at radius 2 is 2.37 bits per heavy atom. The molecule has 7 nitrogen and oxygen atoms in total. The predicted octanol–water partition coefficient (Wildman–Crippen LogP) is 0.764. The van der Waals surface area contributed by atoms with Crippen LogP contribution < -0.4 is 9.64 Å². The molecule has 19 heavy (non-hydrogen) atoms. The Hall–Kier alpha value is -2.05. The van der Waals surface area contributed by atoms with Crippen molar-refractivity contribution in [2.45, 2.75) is 6.92 Å². The molecule has 1 fully saturated rings. The van der Waals surface area contributed by atoms with Crippen LogP contribution in [0.1, 0.15) is 6.92 Å². The highest BCUT2D eigenvalue weighted by Gasteiger charge is 2.21. The van der Waals surface area contributed by atoms with Gasteiger partial charge >= 0.3 is 6.09 Å². The van der Waals surface area contributed by atoms with Crippen LogP contribution in [0.2, 0.25) is 0 Å². The Kier molecular flexibility index (Phi) is 4.38. The highest BCUT2D eigenvalue weighted by Crippen LogP contribution is 2.13. The molecule has 0 atom stereocenters. The van der Waals surface area contributed by atoms with E-state index in [4.69, 9.17) is 9.47 Å². The third kappa shape index (κ3) is 3.46. The zero-order valence-electron chi connectivity index (χ0n) is 11.2. The van der Waals surface area contributed by atoms with E-state index in [-0.39, 0.29) is 6.09 Å². The zero-order chi connectivity index (χ0) is 13.7. The van der Waals surface area contributed by atoms with Crippen LogP contribution in [0.4, 0.5) is 10.6 Å². The number of carbonyl (C=O) groups is 1. The van der Waals surface area contributed by atoms with Crippen molar-refractivity contribution in [3.8, 4) is 5.88 Å². The fourth-order valence-electron chi connectivity index (χ4n) is 1.75. The lowest BCUT2D eigenvalue weighted by Gasteiger charge is -2.21. The molecule has 0 N–H and O–H groups in total. The van der Waals surface area contributed by atoms with Crippen molar-refractivity contribution < 1.29 is 14.3 Å². The number of ether oxygens (including phenoxy) is 2. The first-order valence-corrected chi connectivity index (χ1v) is 6.28. The first kappa shape index (κ1) is 13.4. The van der Waals surface area contributed by atoms with Crippen LogP contribution in [0.15, 0.2) is 12.4 Å². The molecule has 1 saturated heterocycles. The first-order chi connectivity index (χ1) is 9.20. The highest BCUT2D eigenvalue weighted by molar-refractivity contribution is 5.69. The normalized spacial score (nSPS) is 14.4. The van der Waals surface area contributed by atoms with Crippen molar-refractivity contribution in [2.24, 2.45) is 0 Å². The molecule has 1 aliphatic heterocycles. The van der Waals surface area contributed by atoms with Crippen molar-refractivity contribution in [1.29, 1.82) is 0 Å². The lowest BCUT2D eigenvalue weighted by atomic mass is 10.4. The van der Waals surface area contributed by atoms with Crippen LogP contribution in [0.5, 0.6) is 5.88 Å². The van der Waals surface area contributed by atoms with Gasteiger partial charge in [-0.05, 0) is 6.92 Å². The van der Waals surface area contributed by atoms with E-state index in [2.05, 4.69) is 9.97 Å². The molecule has 1 aromatic rings. The van der Waals surface area contributed by atoms with Gasteiger partial charge in [-0.15, -0.1) is 0 Å². The van der Waals surface area contributed by atoms with E-state index >= 15 is 0 Å². The largest absolute Gasteiger partial charge is 0.477 e. The summed E-state index contributed by atoms with van der Waals surface area (Å²) < 4.78 is 10.2. The van der Waals surface area contributed by atoms with Crippen molar-refractivity contribution in [1.82, 2.24) is 14.9 Å². The number of aromatic nitrogens is 2. The third-order valence-corrected chi connectivity index (χ3v) is 2.83. The molecule has 1 aliphatic rings. The summed E-state index contributed by atoms with van der Waals surface area (Å²) >= 11 is 0. The first-order valence-electron chi connectivity index (χ1n) is 6.28. The van der Waals surface area contributed by atoms with Crippen molar-refractivity contribution in [2.75, 3.05) is 44.8 Å². The van der Waals surface area contributed by atoms with Crippen molar-refractivity contribution in [3.05, 3.63) is 12.4 Å². The number of nitrogens with zero attached hydrogens (tertiary/aromatic N) is 4. The minimum atomic E-state index is -0.248. The van der Waals surface area contributed by atoms with Crippen LogP contribution >= 0.6 is 0 Å².